The molecule has 1 aromatic heterocycles. The molecule has 224 valence electrons. The van der Waals surface area contributed by atoms with Gasteiger partial charge in [-0.2, -0.15) is 0 Å². The largest absolute Gasteiger partial charge is 0.354 e. The highest BCUT2D eigenvalue weighted by atomic mass is 15.3. The second-order valence-electron chi connectivity index (χ2n) is 13.3. The number of rotatable bonds is 4. The van der Waals surface area contributed by atoms with Gasteiger partial charge in [0.15, 0.2) is 0 Å². The van der Waals surface area contributed by atoms with Crippen molar-refractivity contribution in [1.82, 2.24) is 15.2 Å². The number of amidine groups is 1. The maximum atomic E-state index is 5.18. The molecule has 2 aliphatic carbocycles. The van der Waals surface area contributed by atoms with Crippen molar-refractivity contribution in [2.24, 2.45) is 10.9 Å². The summed E-state index contributed by atoms with van der Waals surface area (Å²) in [5.74, 6) is 1.27. The Balaban J connectivity index is 1.14. The minimum Gasteiger partial charge on any atom is -0.354 e. The van der Waals surface area contributed by atoms with Gasteiger partial charge >= 0.3 is 0 Å². The lowest BCUT2D eigenvalue weighted by Crippen LogP contribution is -2.54. The molecule has 46 heavy (non-hydrogen) atoms. The van der Waals surface area contributed by atoms with Crippen LogP contribution >= 0.6 is 0 Å². The van der Waals surface area contributed by atoms with Gasteiger partial charge in [0.25, 0.3) is 0 Å². The number of para-hydroxylation sites is 1. The van der Waals surface area contributed by atoms with Crippen molar-refractivity contribution in [2.45, 2.75) is 38.0 Å². The molecule has 6 aromatic rings. The predicted molar refractivity (Wildman–Crippen MR) is 191 cm³/mol. The second kappa shape index (κ2) is 10.4. The van der Waals surface area contributed by atoms with Crippen LogP contribution in [-0.2, 0) is 5.41 Å². The fourth-order valence-electron chi connectivity index (χ4n) is 7.81. The number of hydrogen-bond donors (Lipinski definition) is 2. The average molecular weight is 597 g/mol. The normalized spacial score (nSPS) is 21.2. The van der Waals surface area contributed by atoms with Gasteiger partial charge in [-0.25, -0.2) is 4.99 Å². The van der Waals surface area contributed by atoms with Crippen LogP contribution in [0.1, 0.15) is 48.7 Å². The smallest absolute Gasteiger partial charge is 0.131 e. The first-order chi connectivity index (χ1) is 22.6. The summed E-state index contributed by atoms with van der Waals surface area (Å²) in [6.45, 7) is 4.71. The molecule has 0 amide bonds. The molecule has 0 spiro atoms. The van der Waals surface area contributed by atoms with Crippen LogP contribution < -0.4 is 10.6 Å². The van der Waals surface area contributed by atoms with Crippen LogP contribution in [0.5, 0.6) is 0 Å². The van der Waals surface area contributed by atoms with Crippen molar-refractivity contribution in [3.8, 4) is 16.8 Å². The lowest BCUT2D eigenvalue weighted by atomic mass is 9.82. The van der Waals surface area contributed by atoms with Crippen molar-refractivity contribution in [2.75, 3.05) is 0 Å². The Labute approximate surface area is 269 Å². The highest BCUT2D eigenvalue weighted by Gasteiger charge is 2.36. The molecule has 2 N–H and O–H groups in total. The zero-order valence-corrected chi connectivity index (χ0v) is 26.1. The molecule has 0 fully saturated rings. The first kappa shape index (κ1) is 27.1. The molecule has 0 saturated heterocycles. The molecular weight excluding hydrogens is 560 g/mol. The molecule has 4 heteroatoms. The molecule has 2 heterocycles. The SMILES string of the molecule is CC1(C)c2ccccc2-c2cc3c4ccccc4n(-c4ccc(C5=NC(c6ccccc6)NC(C6C=CC=CC6)N5)cc4)c3cc21. The number of aliphatic imine (C=N–C) groups is 1. The molecule has 4 nitrogen and oxygen atoms in total. The van der Waals surface area contributed by atoms with E-state index in [1.165, 1.54) is 49.6 Å². The summed E-state index contributed by atoms with van der Waals surface area (Å²) in [6, 6.07) is 42.0. The fourth-order valence-corrected chi connectivity index (χ4v) is 7.81. The summed E-state index contributed by atoms with van der Waals surface area (Å²) in [6.07, 6.45) is 9.76. The Morgan fingerprint density at radius 1 is 0.717 bits per heavy atom. The van der Waals surface area contributed by atoms with E-state index in [4.69, 9.17) is 4.99 Å². The first-order valence-corrected chi connectivity index (χ1v) is 16.3. The quantitative estimate of drug-likeness (QED) is 0.213. The Kier molecular flexibility index (Phi) is 6.16. The summed E-state index contributed by atoms with van der Waals surface area (Å²) in [5, 5.41) is 10.1. The predicted octanol–water partition coefficient (Wildman–Crippen LogP) is 9.19. The zero-order chi connectivity index (χ0) is 30.8. The van der Waals surface area contributed by atoms with Gasteiger partial charge in [-0.1, -0.05) is 111 Å². The molecule has 9 rings (SSSR count). The Bertz CT molecular complexity index is 2220. The van der Waals surface area contributed by atoms with Crippen molar-refractivity contribution >= 4 is 27.6 Å². The van der Waals surface area contributed by atoms with E-state index in [1.807, 2.05) is 0 Å². The van der Waals surface area contributed by atoms with Gasteiger partial charge < -0.3 is 9.88 Å². The number of nitrogens with zero attached hydrogens (tertiary/aromatic N) is 2. The molecule has 1 aliphatic heterocycles. The van der Waals surface area contributed by atoms with Crippen molar-refractivity contribution in [3.63, 3.8) is 0 Å². The van der Waals surface area contributed by atoms with Crippen molar-refractivity contribution < 1.29 is 0 Å². The van der Waals surface area contributed by atoms with Crippen LogP contribution in [0.3, 0.4) is 0 Å². The minimum absolute atomic E-state index is 0.0563. The maximum Gasteiger partial charge on any atom is 0.131 e. The molecule has 5 aromatic carbocycles. The zero-order valence-electron chi connectivity index (χ0n) is 26.1. The first-order valence-electron chi connectivity index (χ1n) is 16.3. The van der Waals surface area contributed by atoms with Gasteiger partial charge in [0.2, 0.25) is 0 Å². The summed E-state index contributed by atoms with van der Waals surface area (Å²) in [4.78, 5) is 5.18. The Morgan fingerprint density at radius 2 is 1.50 bits per heavy atom. The lowest BCUT2D eigenvalue weighted by molar-refractivity contribution is 0.328. The summed E-state index contributed by atoms with van der Waals surface area (Å²) >= 11 is 0. The van der Waals surface area contributed by atoms with E-state index in [0.717, 1.165) is 23.5 Å². The summed E-state index contributed by atoms with van der Waals surface area (Å²) in [5.41, 5.74) is 11.3. The van der Waals surface area contributed by atoms with Crippen molar-refractivity contribution in [3.05, 3.63) is 162 Å². The third-order valence-corrected chi connectivity index (χ3v) is 10.2. The van der Waals surface area contributed by atoms with Crippen LogP contribution in [0, 0.1) is 5.92 Å². The number of allylic oxidation sites excluding steroid dienone is 3. The number of fused-ring (bicyclic) bond motifs is 6. The molecule has 3 atom stereocenters. The molecule has 3 unspecified atom stereocenters. The van der Waals surface area contributed by atoms with Gasteiger partial charge in [0.1, 0.15) is 12.0 Å². The van der Waals surface area contributed by atoms with E-state index < -0.39 is 0 Å². The van der Waals surface area contributed by atoms with Gasteiger partial charge in [-0.05, 0) is 76.7 Å². The fraction of sp³-hybridized carbons (Fsp3) is 0.167. The maximum absolute atomic E-state index is 5.18. The van der Waals surface area contributed by atoms with Gasteiger partial charge in [0.05, 0.1) is 17.2 Å². The number of aromatic nitrogens is 1. The monoisotopic (exact) mass is 596 g/mol. The van der Waals surface area contributed by atoms with Crippen LogP contribution in [0.15, 0.2) is 145 Å². The Hall–Kier alpha value is -5.19. The van der Waals surface area contributed by atoms with E-state index in [9.17, 15) is 0 Å². The lowest BCUT2D eigenvalue weighted by Gasteiger charge is -2.35. The van der Waals surface area contributed by atoms with Crippen molar-refractivity contribution in [1.29, 1.82) is 0 Å². The number of hydrogen-bond acceptors (Lipinski definition) is 3. The van der Waals surface area contributed by atoms with Crippen LogP contribution in [0.4, 0.5) is 0 Å². The molecule has 0 radical (unpaired) electrons. The van der Waals surface area contributed by atoms with E-state index in [0.29, 0.717) is 5.92 Å². The molecule has 0 bridgehead atoms. The van der Waals surface area contributed by atoms with E-state index in [2.05, 4.69) is 169 Å². The van der Waals surface area contributed by atoms with Gasteiger partial charge in [0, 0.05) is 33.4 Å². The van der Waals surface area contributed by atoms with E-state index >= 15 is 0 Å². The van der Waals surface area contributed by atoms with Crippen LogP contribution in [-0.4, -0.2) is 16.6 Å². The average Bonchev–Trinajstić information content (AvgIpc) is 3.56. The minimum atomic E-state index is -0.117. The highest BCUT2D eigenvalue weighted by Crippen LogP contribution is 2.50. The molecule has 0 saturated carbocycles. The molecule has 3 aliphatic rings. The summed E-state index contributed by atoms with van der Waals surface area (Å²) < 4.78 is 2.43. The van der Waals surface area contributed by atoms with Gasteiger partial charge in [-0.15, -0.1) is 0 Å². The van der Waals surface area contributed by atoms with Gasteiger partial charge in [-0.3, -0.25) is 5.32 Å². The van der Waals surface area contributed by atoms with Crippen LogP contribution in [0.2, 0.25) is 0 Å². The third kappa shape index (κ3) is 4.21. The van der Waals surface area contributed by atoms with E-state index in [1.54, 1.807) is 0 Å². The van der Waals surface area contributed by atoms with Crippen LogP contribution in [0.25, 0.3) is 38.6 Å². The van der Waals surface area contributed by atoms with E-state index in [-0.39, 0.29) is 17.7 Å². The number of nitrogens with one attached hydrogen (secondary N) is 2. The standard InChI is InChI=1S/C42H36N4/c1-42(2)35-19-11-9-17-31(35)33-25-34-32-18-10-12-20-37(32)46(38(34)26-36(33)42)30-23-21-29(22-24-30)41-44-39(27-13-5-3-6-14-27)43-40(45-41)28-15-7-4-8-16-28/h3-15,17-26,28,39-40,43H,16H2,1-2H3,(H,44,45). The highest BCUT2D eigenvalue weighted by molar-refractivity contribution is 6.11. The Morgan fingerprint density at radius 3 is 2.33 bits per heavy atom. The topological polar surface area (TPSA) is 41.4 Å². The third-order valence-electron chi connectivity index (χ3n) is 10.2. The second-order valence-corrected chi connectivity index (χ2v) is 13.3. The molecular formula is C42H36N4. The summed E-state index contributed by atoms with van der Waals surface area (Å²) in [7, 11) is 0. The number of benzene rings is 5.